The molecule has 0 heterocycles. The van der Waals surface area contributed by atoms with Gasteiger partial charge in [0.25, 0.3) is 0 Å². The van der Waals surface area contributed by atoms with Crippen LogP contribution in [-0.2, 0) is 0 Å². The molecule has 0 spiro atoms. The Hall–Kier alpha value is -0.0400. The molecule has 1 heteroatoms. The third-order valence-corrected chi connectivity index (χ3v) is 1.45. The van der Waals surface area contributed by atoms with Crippen LogP contribution in [0.25, 0.3) is 0 Å². The fourth-order valence-electron chi connectivity index (χ4n) is 0.348. The highest BCUT2D eigenvalue weighted by molar-refractivity contribution is 4.37. The lowest BCUT2D eigenvalue weighted by atomic mass is 10.2. The third-order valence-electron chi connectivity index (χ3n) is 1.45. The van der Waals surface area contributed by atoms with Crippen molar-refractivity contribution < 1.29 is 4.90 Å². The van der Waals surface area contributed by atoms with Crippen LogP contribution in [0.1, 0.15) is 20.3 Å². The number of hydrogen-bond donors (Lipinski definition) is 1. The van der Waals surface area contributed by atoms with E-state index < -0.39 is 0 Å². The van der Waals surface area contributed by atoms with Gasteiger partial charge >= 0.3 is 0 Å². The van der Waals surface area contributed by atoms with E-state index in [0.717, 1.165) is 0 Å². The first-order chi connectivity index (χ1) is 3.18. The molecule has 44 valence electrons. The molecule has 0 rings (SSSR count). The summed E-state index contributed by atoms with van der Waals surface area (Å²) in [6.45, 7) is 4.38. The van der Waals surface area contributed by atoms with Crippen LogP contribution in [0, 0.1) is 7.05 Å². The van der Waals surface area contributed by atoms with Crippen LogP contribution in [0.5, 0.6) is 0 Å². The first-order valence-electron chi connectivity index (χ1n) is 2.83. The fourth-order valence-corrected chi connectivity index (χ4v) is 0.348. The molecule has 0 saturated heterocycles. The largest absolute Gasteiger partial charge is 0.468 e. The topological polar surface area (TPSA) is 4.44 Å². The SMILES string of the molecule is [CH2-][NH+](C)C(C)CC. The molecule has 7 heavy (non-hydrogen) atoms. The monoisotopic (exact) mass is 101 g/mol. The standard InChI is InChI=1S/C6H15N/c1-5-6(2)7(3)4/h6-7H,3,5H2,1-2,4H3. The van der Waals surface area contributed by atoms with E-state index in [1.807, 2.05) is 0 Å². The van der Waals surface area contributed by atoms with E-state index in [-0.39, 0.29) is 0 Å². The predicted octanol–water partition coefficient (Wildman–Crippen LogP) is 0.0912. The average Bonchev–Trinajstić information content (AvgIpc) is 1.65. The average molecular weight is 101 g/mol. The molecule has 0 fully saturated rings. The van der Waals surface area contributed by atoms with Crippen LogP contribution < -0.4 is 4.90 Å². The maximum atomic E-state index is 3.83. The van der Waals surface area contributed by atoms with Gasteiger partial charge in [-0.3, -0.25) is 0 Å². The van der Waals surface area contributed by atoms with Crippen molar-refractivity contribution in [1.29, 1.82) is 0 Å². The van der Waals surface area contributed by atoms with Crippen LogP contribution in [-0.4, -0.2) is 13.1 Å². The van der Waals surface area contributed by atoms with Crippen molar-refractivity contribution >= 4 is 0 Å². The zero-order valence-electron chi connectivity index (χ0n) is 5.49. The highest BCUT2D eigenvalue weighted by Crippen LogP contribution is 1.78. The van der Waals surface area contributed by atoms with Crippen LogP contribution in [0.15, 0.2) is 0 Å². The van der Waals surface area contributed by atoms with Crippen LogP contribution in [0.4, 0.5) is 0 Å². The van der Waals surface area contributed by atoms with Crippen molar-refractivity contribution in [2.45, 2.75) is 26.3 Å². The number of hydrogen-bond acceptors (Lipinski definition) is 0. The van der Waals surface area contributed by atoms with Gasteiger partial charge < -0.3 is 4.90 Å². The summed E-state index contributed by atoms with van der Waals surface area (Å²) in [5.41, 5.74) is 0. The van der Waals surface area contributed by atoms with Crippen molar-refractivity contribution in [3.8, 4) is 0 Å². The van der Waals surface area contributed by atoms with E-state index in [1.54, 1.807) is 0 Å². The van der Waals surface area contributed by atoms with Gasteiger partial charge in [-0.05, 0) is 13.3 Å². The molecule has 0 bridgehead atoms. The molecule has 0 amide bonds. The van der Waals surface area contributed by atoms with Crippen molar-refractivity contribution in [2.75, 3.05) is 7.05 Å². The minimum atomic E-state index is 0.708. The summed E-state index contributed by atoms with van der Waals surface area (Å²) < 4.78 is 0. The molecule has 0 aromatic heterocycles. The fraction of sp³-hybridized carbons (Fsp3) is 0.833. The van der Waals surface area contributed by atoms with Crippen LogP contribution in [0.3, 0.4) is 0 Å². The lowest BCUT2D eigenvalue weighted by Crippen LogP contribution is -3.07. The van der Waals surface area contributed by atoms with Crippen LogP contribution in [0.2, 0.25) is 0 Å². The van der Waals surface area contributed by atoms with Crippen molar-refractivity contribution in [2.24, 2.45) is 0 Å². The van der Waals surface area contributed by atoms with E-state index in [0.29, 0.717) is 6.04 Å². The molecular weight excluding hydrogens is 86.1 g/mol. The first kappa shape index (κ1) is 6.96. The summed E-state index contributed by atoms with van der Waals surface area (Å²) >= 11 is 0. The van der Waals surface area contributed by atoms with E-state index in [1.165, 1.54) is 11.3 Å². The van der Waals surface area contributed by atoms with Crippen molar-refractivity contribution in [3.05, 3.63) is 7.05 Å². The van der Waals surface area contributed by atoms with E-state index in [2.05, 4.69) is 27.9 Å². The molecule has 2 atom stereocenters. The first-order valence-corrected chi connectivity index (χ1v) is 2.83. The lowest BCUT2D eigenvalue weighted by molar-refractivity contribution is -0.857. The zero-order chi connectivity index (χ0) is 5.86. The molecule has 0 saturated carbocycles. The molecular formula is C6H15N. The van der Waals surface area contributed by atoms with Gasteiger partial charge in [0.2, 0.25) is 0 Å². The summed E-state index contributed by atoms with van der Waals surface area (Å²) in [7, 11) is 5.90. The molecule has 0 aliphatic heterocycles. The summed E-state index contributed by atoms with van der Waals surface area (Å²) in [5.74, 6) is 0. The van der Waals surface area contributed by atoms with E-state index in [4.69, 9.17) is 0 Å². The van der Waals surface area contributed by atoms with E-state index in [9.17, 15) is 0 Å². The Morgan fingerprint density at radius 3 is 2.14 bits per heavy atom. The number of nitrogens with one attached hydrogen (secondary N) is 1. The van der Waals surface area contributed by atoms with E-state index >= 15 is 0 Å². The predicted molar refractivity (Wildman–Crippen MR) is 32.0 cm³/mol. The Bertz CT molecular complexity index is 41.4. The Morgan fingerprint density at radius 1 is 1.71 bits per heavy atom. The highest BCUT2D eigenvalue weighted by atomic mass is 15.1. The molecule has 0 aromatic rings. The Morgan fingerprint density at radius 2 is 2.14 bits per heavy atom. The maximum Gasteiger partial charge on any atom is 0.0601 e. The molecule has 0 aliphatic rings. The van der Waals surface area contributed by atoms with Crippen molar-refractivity contribution in [3.63, 3.8) is 0 Å². The molecule has 0 aliphatic carbocycles. The Balaban J connectivity index is 3.14. The molecule has 1 N–H and O–H groups in total. The zero-order valence-corrected chi connectivity index (χ0v) is 5.49. The summed E-state index contributed by atoms with van der Waals surface area (Å²) in [6.07, 6.45) is 1.22. The second kappa shape index (κ2) is 3.03. The molecule has 0 aromatic carbocycles. The molecule has 1 nitrogen and oxygen atoms in total. The highest BCUT2D eigenvalue weighted by Gasteiger charge is 1.96. The Kier molecular flexibility index (Phi) is 3.01. The van der Waals surface area contributed by atoms with Gasteiger partial charge in [0.05, 0.1) is 6.04 Å². The Labute approximate surface area is 46.3 Å². The minimum absolute atomic E-state index is 0.708. The number of quaternary nitrogens is 1. The smallest absolute Gasteiger partial charge is 0.0601 e. The number of rotatable bonds is 2. The lowest BCUT2D eigenvalue weighted by Gasteiger charge is -2.21. The second-order valence-corrected chi connectivity index (χ2v) is 2.16. The maximum absolute atomic E-state index is 3.83. The summed E-state index contributed by atoms with van der Waals surface area (Å²) in [5, 5.41) is 0. The van der Waals surface area contributed by atoms with Gasteiger partial charge in [0.15, 0.2) is 0 Å². The quantitative estimate of drug-likeness (QED) is 0.470. The van der Waals surface area contributed by atoms with Gasteiger partial charge in [0.1, 0.15) is 0 Å². The van der Waals surface area contributed by atoms with Gasteiger partial charge in [0, 0.05) is 7.05 Å². The van der Waals surface area contributed by atoms with Gasteiger partial charge in [-0.15, -0.1) is 0 Å². The molecule has 0 radical (unpaired) electrons. The second-order valence-electron chi connectivity index (χ2n) is 2.16. The van der Waals surface area contributed by atoms with Gasteiger partial charge in [-0.2, -0.15) is 7.05 Å². The van der Waals surface area contributed by atoms with Gasteiger partial charge in [-0.25, -0.2) is 0 Å². The van der Waals surface area contributed by atoms with Crippen molar-refractivity contribution in [1.82, 2.24) is 0 Å². The summed E-state index contributed by atoms with van der Waals surface area (Å²) in [4.78, 5) is 1.29. The molecule has 2 unspecified atom stereocenters. The normalized spacial score (nSPS) is 18.9. The third kappa shape index (κ3) is 2.63. The van der Waals surface area contributed by atoms with Crippen LogP contribution >= 0.6 is 0 Å². The minimum Gasteiger partial charge on any atom is -0.468 e. The summed E-state index contributed by atoms with van der Waals surface area (Å²) in [6, 6.07) is 0.708. The van der Waals surface area contributed by atoms with Gasteiger partial charge in [-0.1, -0.05) is 6.92 Å².